The Kier molecular flexibility index (Phi) is 6.88. The molecule has 2 aromatic rings. The van der Waals surface area contributed by atoms with Crippen LogP contribution in [0.1, 0.15) is 18.4 Å². The van der Waals surface area contributed by atoms with Crippen LogP contribution in [-0.4, -0.2) is 36.4 Å². The van der Waals surface area contributed by atoms with E-state index in [1.54, 1.807) is 37.4 Å². The van der Waals surface area contributed by atoms with Gasteiger partial charge in [-0.15, -0.1) is 0 Å². The number of methoxy groups -OCH3 is 1. The van der Waals surface area contributed by atoms with Crippen molar-refractivity contribution >= 4 is 34.6 Å². The molecule has 1 heterocycles. The van der Waals surface area contributed by atoms with Crippen molar-refractivity contribution in [2.75, 3.05) is 25.6 Å². The van der Waals surface area contributed by atoms with E-state index in [0.29, 0.717) is 40.2 Å². The normalized spacial score (nSPS) is 16.2. The Morgan fingerprint density at radius 1 is 1.37 bits per heavy atom. The smallest absolute Gasteiger partial charge is 0.173 e. The summed E-state index contributed by atoms with van der Waals surface area (Å²) in [6.45, 7) is 1.68. The predicted molar refractivity (Wildman–Crippen MR) is 110 cm³/mol. The summed E-state index contributed by atoms with van der Waals surface area (Å²) in [5.41, 5.74) is 1.23. The van der Waals surface area contributed by atoms with Crippen LogP contribution in [0.5, 0.6) is 5.75 Å². The van der Waals surface area contributed by atoms with Gasteiger partial charge in [-0.1, -0.05) is 29.8 Å². The number of rotatable bonds is 6. The number of anilines is 1. The van der Waals surface area contributed by atoms with Gasteiger partial charge in [-0.3, -0.25) is 0 Å². The quantitative estimate of drug-likeness (QED) is 0.690. The molecule has 1 aliphatic heterocycles. The monoisotopic (exact) mass is 408 g/mol. The molecular formula is C20H22ClFN2O2S. The van der Waals surface area contributed by atoms with E-state index in [9.17, 15) is 4.39 Å². The molecule has 0 saturated carbocycles. The van der Waals surface area contributed by atoms with Gasteiger partial charge in [-0.25, -0.2) is 4.39 Å². The van der Waals surface area contributed by atoms with Gasteiger partial charge >= 0.3 is 0 Å². The van der Waals surface area contributed by atoms with Crippen molar-refractivity contribution < 1.29 is 13.9 Å². The number of hydrogen-bond acceptors (Lipinski definition) is 3. The first-order valence-electron chi connectivity index (χ1n) is 8.81. The van der Waals surface area contributed by atoms with Gasteiger partial charge in [0, 0.05) is 31.3 Å². The lowest BCUT2D eigenvalue weighted by Crippen LogP contribution is -2.39. The first-order valence-corrected chi connectivity index (χ1v) is 9.60. The number of nitrogens with one attached hydrogen (secondary N) is 1. The summed E-state index contributed by atoms with van der Waals surface area (Å²) in [6.07, 6.45) is 2.08. The second kappa shape index (κ2) is 9.35. The lowest BCUT2D eigenvalue weighted by molar-refractivity contribution is 0.0903. The van der Waals surface area contributed by atoms with E-state index in [4.69, 9.17) is 33.3 Å². The molecule has 1 atom stereocenters. The summed E-state index contributed by atoms with van der Waals surface area (Å²) in [5, 5.41) is 4.16. The lowest BCUT2D eigenvalue weighted by Gasteiger charge is -2.28. The molecular weight excluding hydrogens is 387 g/mol. The van der Waals surface area contributed by atoms with Crippen molar-refractivity contribution in [1.29, 1.82) is 0 Å². The Bertz CT molecular complexity index is 799. The Labute approximate surface area is 169 Å². The zero-order valence-corrected chi connectivity index (χ0v) is 16.7. The minimum absolute atomic E-state index is 0.0808. The zero-order valence-electron chi connectivity index (χ0n) is 15.1. The Balaban J connectivity index is 1.78. The Hall–Kier alpha value is -1.89. The third-order valence-corrected chi connectivity index (χ3v) is 5.16. The second-order valence-corrected chi connectivity index (χ2v) is 7.18. The highest BCUT2D eigenvalue weighted by atomic mass is 35.5. The minimum atomic E-state index is -0.253. The van der Waals surface area contributed by atoms with E-state index in [1.807, 2.05) is 11.0 Å². The molecule has 0 bridgehead atoms. The van der Waals surface area contributed by atoms with Crippen molar-refractivity contribution in [1.82, 2.24) is 4.90 Å². The van der Waals surface area contributed by atoms with Gasteiger partial charge in [-0.05, 0) is 43.3 Å². The highest BCUT2D eigenvalue weighted by Gasteiger charge is 2.22. The number of thiocarbonyl (C=S) groups is 1. The molecule has 0 aromatic heterocycles. The van der Waals surface area contributed by atoms with Crippen LogP contribution in [0.3, 0.4) is 0 Å². The van der Waals surface area contributed by atoms with Crippen LogP contribution in [0, 0.1) is 5.82 Å². The first kappa shape index (κ1) is 19.9. The molecule has 0 amide bonds. The third-order valence-electron chi connectivity index (χ3n) is 4.47. The summed E-state index contributed by atoms with van der Waals surface area (Å²) in [5.74, 6) is 0.418. The molecule has 1 N–H and O–H groups in total. The molecule has 1 fully saturated rings. The fraction of sp³-hybridized carbons (Fsp3) is 0.350. The molecule has 1 aliphatic rings. The van der Waals surface area contributed by atoms with Crippen LogP contribution in [0.2, 0.25) is 5.02 Å². The van der Waals surface area contributed by atoms with Crippen LogP contribution in [0.15, 0.2) is 42.5 Å². The minimum Gasteiger partial charge on any atom is -0.497 e. The van der Waals surface area contributed by atoms with Gasteiger partial charge in [0.15, 0.2) is 5.11 Å². The highest BCUT2D eigenvalue weighted by Crippen LogP contribution is 2.27. The largest absolute Gasteiger partial charge is 0.497 e. The van der Waals surface area contributed by atoms with Gasteiger partial charge in [0.2, 0.25) is 0 Å². The number of benzene rings is 2. The molecule has 3 rings (SSSR count). The maximum atomic E-state index is 14.2. The topological polar surface area (TPSA) is 33.7 Å². The zero-order chi connectivity index (χ0) is 19.2. The summed E-state index contributed by atoms with van der Waals surface area (Å²) in [6, 6.07) is 12.0. The molecule has 0 spiro atoms. The van der Waals surface area contributed by atoms with Crippen molar-refractivity contribution in [2.45, 2.75) is 25.5 Å². The SMILES string of the molecule is COc1ccc(Cl)c(NC(=S)N(Cc2ccccc2F)C[C@@H]2CCCO2)c1. The molecule has 27 heavy (non-hydrogen) atoms. The van der Waals surface area contributed by atoms with Gasteiger partial charge in [0.25, 0.3) is 0 Å². The van der Waals surface area contributed by atoms with Gasteiger partial charge in [0.1, 0.15) is 11.6 Å². The molecule has 144 valence electrons. The fourth-order valence-electron chi connectivity index (χ4n) is 3.01. The van der Waals surface area contributed by atoms with Crippen LogP contribution in [-0.2, 0) is 11.3 Å². The molecule has 0 aliphatic carbocycles. The highest BCUT2D eigenvalue weighted by molar-refractivity contribution is 7.80. The van der Waals surface area contributed by atoms with Crippen LogP contribution < -0.4 is 10.1 Å². The average Bonchev–Trinajstić information content (AvgIpc) is 3.18. The molecule has 1 saturated heterocycles. The summed E-state index contributed by atoms with van der Waals surface area (Å²) in [7, 11) is 1.59. The van der Waals surface area contributed by atoms with E-state index < -0.39 is 0 Å². The van der Waals surface area contributed by atoms with Crippen LogP contribution >= 0.6 is 23.8 Å². The number of nitrogens with zero attached hydrogens (tertiary/aromatic N) is 1. The number of halogens is 2. The van der Waals surface area contributed by atoms with Gasteiger partial charge in [0.05, 0.1) is 23.9 Å². The molecule has 4 nitrogen and oxygen atoms in total. The maximum absolute atomic E-state index is 14.2. The van der Waals surface area contributed by atoms with Gasteiger partial charge < -0.3 is 19.7 Å². The Morgan fingerprint density at radius 3 is 2.89 bits per heavy atom. The molecule has 0 radical (unpaired) electrons. The van der Waals surface area contributed by atoms with Crippen molar-refractivity contribution in [2.24, 2.45) is 0 Å². The van der Waals surface area contributed by atoms with E-state index >= 15 is 0 Å². The first-order chi connectivity index (χ1) is 13.1. The number of ether oxygens (including phenoxy) is 2. The van der Waals surface area contributed by atoms with E-state index in [1.165, 1.54) is 6.07 Å². The fourth-order valence-corrected chi connectivity index (χ4v) is 3.42. The van der Waals surface area contributed by atoms with E-state index in [2.05, 4.69) is 5.32 Å². The summed E-state index contributed by atoms with van der Waals surface area (Å²) in [4.78, 5) is 1.92. The van der Waals surface area contributed by atoms with Crippen molar-refractivity contribution in [3.05, 3.63) is 58.9 Å². The van der Waals surface area contributed by atoms with Gasteiger partial charge in [-0.2, -0.15) is 0 Å². The number of hydrogen-bond donors (Lipinski definition) is 1. The van der Waals surface area contributed by atoms with Crippen molar-refractivity contribution in [3.63, 3.8) is 0 Å². The third kappa shape index (κ3) is 5.31. The summed E-state index contributed by atoms with van der Waals surface area (Å²) >= 11 is 11.9. The standard InChI is InChI=1S/C20H22ClFN2O2S/c1-25-15-8-9-17(21)19(11-15)23-20(27)24(13-16-6-4-10-26-16)12-14-5-2-3-7-18(14)22/h2-3,5,7-9,11,16H,4,6,10,12-13H2,1H3,(H,23,27)/t16-/m0/s1. The molecule has 0 unspecified atom stereocenters. The maximum Gasteiger partial charge on any atom is 0.173 e. The molecule has 7 heteroatoms. The predicted octanol–water partition coefficient (Wildman–Crippen LogP) is 4.87. The Morgan fingerprint density at radius 2 is 2.19 bits per heavy atom. The van der Waals surface area contributed by atoms with E-state index in [0.717, 1.165) is 19.4 Å². The molecule has 2 aromatic carbocycles. The second-order valence-electron chi connectivity index (χ2n) is 6.38. The average molecular weight is 409 g/mol. The van der Waals surface area contributed by atoms with Crippen LogP contribution in [0.25, 0.3) is 0 Å². The summed E-state index contributed by atoms with van der Waals surface area (Å²) < 4.78 is 25.1. The van der Waals surface area contributed by atoms with Crippen molar-refractivity contribution in [3.8, 4) is 5.75 Å². The van der Waals surface area contributed by atoms with Crippen LogP contribution in [0.4, 0.5) is 10.1 Å². The lowest BCUT2D eigenvalue weighted by atomic mass is 10.2. The van der Waals surface area contributed by atoms with E-state index in [-0.39, 0.29) is 11.9 Å².